The molecule has 2 N–H and O–H groups in total. The maximum absolute atomic E-state index is 15.7. The Labute approximate surface area is 192 Å². The van der Waals surface area contributed by atoms with Crippen molar-refractivity contribution >= 4 is 22.2 Å². The summed E-state index contributed by atoms with van der Waals surface area (Å²) in [6.07, 6.45) is -2.83. The van der Waals surface area contributed by atoms with Crippen molar-refractivity contribution in [1.29, 1.82) is 0 Å². The Balaban J connectivity index is 1.89. The minimum atomic E-state index is -3.40. The molecule has 2 aromatic heterocycles. The molecule has 0 spiro atoms. The van der Waals surface area contributed by atoms with Crippen LogP contribution < -0.4 is 16.0 Å². The fourth-order valence-corrected chi connectivity index (χ4v) is 6.02. The normalized spacial score (nSPS) is 19.6. The highest BCUT2D eigenvalue weighted by Gasteiger charge is 2.45. The van der Waals surface area contributed by atoms with Gasteiger partial charge in [-0.2, -0.15) is 0 Å². The Kier molecular flexibility index (Phi) is 5.36. The second-order valence-corrected chi connectivity index (χ2v) is 9.64. The van der Waals surface area contributed by atoms with E-state index in [0.29, 0.717) is 17.7 Å². The summed E-state index contributed by atoms with van der Waals surface area (Å²) in [5, 5.41) is 8.90. The Morgan fingerprint density at radius 1 is 1.32 bits per heavy atom. The zero-order chi connectivity index (χ0) is 24.5. The predicted octanol–water partition coefficient (Wildman–Crippen LogP) is 4.50. The van der Waals surface area contributed by atoms with Gasteiger partial charge in [-0.25, -0.2) is 26.7 Å². The van der Waals surface area contributed by atoms with Crippen LogP contribution in [0.1, 0.15) is 53.7 Å². The van der Waals surface area contributed by atoms with Crippen molar-refractivity contribution in [3.05, 3.63) is 48.7 Å². The topological polar surface area (TPSA) is 84.3 Å². The van der Waals surface area contributed by atoms with E-state index in [0.717, 1.165) is 23.0 Å². The van der Waals surface area contributed by atoms with Crippen molar-refractivity contribution in [2.24, 2.45) is 0 Å². The van der Waals surface area contributed by atoms with E-state index in [4.69, 9.17) is 4.74 Å². The second-order valence-electron chi connectivity index (χ2n) is 8.51. The first-order valence-corrected chi connectivity index (χ1v) is 11.4. The number of hydrogen-bond acceptors (Lipinski definition) is 5. The molecule has 1 aromatic carbocycles. The monoisotopic (exact) mass is 502 g/mol. The van der Waals surface area contributed by atoms with Crippen LogP contribution in [0.3, 0.4) is 0 Å². The molecule has 0 aliphatic heterocycles. The first-order chi connectivity index (χ1) is 16.1. The number of alkyl halides is 4. The van der Waals surface area contributed by atoms with Gasteiger partial charge in [-0.15, -0.1) is 11.3 Å². The molecule has 6 nitrogen and oxygen atoms in total. The molecule has 1 saturated carbocycles. The number of methoxy groups -OCH3 is 1. The summed E-state index contributed by atoms with van der Waals surface area (Å²) in [6, 6.07) is 0.876. The van der Waals surface area contributed by atoms with Crippen LogP contribution in [0.4, 0.5) is 22.0 Å². The summed E-state index contributed by atoms with van der Waals surface area (Å²) < 4.78 is 79.2. The molecule has 0 bridgehead atoms. The molecule has 0 saturated heterocycles. The van der Waals surface area contributed by atoms with E-state index in [1.165, 1.54) is 6.07 Å². The Hall–Kier alpha value is -2.73. The van der Waals surface area contributed by atoms with E-state index in [9.17, 15) is 32.3 Å². The highest BCUT2D eigenvalue weighted by Crippen LogP contribution is 2.51. The number of rotatable bonds is 5. The minimum Gasteiger partial charge on any atom is -0.494 e. The fourth-order valence-electron chi connectivity index (χ4n) is 4.76. The molecule has 2 aliphatic carbocycles. The molecule has 182 valence electrons. The van der Waals surface area contributed by atoms with Gasteiger partial charge in [0, 0.05) is 22.2 Å². The number of ether oxygens (including phenoxy) is 1. The summed E-state index contributed by atoms with van der Waals surface area (Å²) in [6.45, 7) is -0.841. The Morgan fingerprint density at radius 3 is 2.62 bits per heavy atom. The van der Waals surface area contributed by atoms with Gasteiger partial charge < -0.3 is 9.84 Å². The number of hydrogen-bond donors (Lipinski definition) is 2. The van der Waals surface area contributed by atoms with Gasteiger partial charge in [-0.3, -0.25) is 14.3 Å². The smallest absolute Gasteiger partial charge is 0.329 e. The molecular formula is C22H19F5N2O4S. The third-order valence-corrected chi connectivity index (χ3v) is 7.72. The summed E-state index contributed by atoms with van der Waals surface area (Å²) in [5.41, 5.74) is -3.74. The number of aliphatic hydroxyl groups excluding tert-OH is 1. The van der Waals surface area contributed by atoms with Gasteiger partial charge in [0.1, 0.15) is 11.3 Å². The molecule has 2 heterocycles. The number of H-pyrrole nitrogens is 1. The standard InChI is InChI=1S/C22H19F5N2O4S/c1-33-18-13(12-6-9-10(7-30)22(26,27)5-4-11(9)34-12)16(23)14(19(24)25)15-17(18)29(8-2-3-8)21(32)28-20(15)31/h6,8,10,19,30H,2-5,7H2,1H3,(H,28,31,32). The van der Waals surface area contributed by atoms with E-state index in [1.54, 1.807) is 0 Å². The highest BCUT2D eigenvalue weighted by atomic mass is 32.1. The van der Waals surface area contributed by atoms with Gasteiger partial charge >= 0.3 is 5.69 Å². The third kappa shape index (κ3) is 3.29. The minimum absolute atomic E-state index is 0.0326. The number of halogens is 5. The van der Waals surface area contributed by atoms with Crippen LogP contribution in [-0.4, -0.2) is 34.3 Å². The lowest BCUT2D eigenvalue weighted by Gasteiger charge is -2.30. The number of thiophene rings is 1. The first-order valence-electron chi connectivity index (χ1n) is 10.6. The number of benzene rings is 1. The van der Waals surface area contributed by atoms with E-state index in [1.807, 2.05) is 4.98 Å². The maximum atomic E-state index is 15.7. The Morgan fingerprint density at radius 2 is 2.03 bits per heavy atom. The number of nitrogens with one attached hydrogen (secondary N) is 1. The zero-order valence-corrected chi connectivity index (χ0v) is 18.6. The van der Waals surface area contributed by atoms with Crippen LogP contribution in [0.2, 0.25) is 0 Å². The highest BCUT2D eigenvalue weighted by molar-refractivity contribution is 7.15. The molecular weight excluding hydrogens is 483 g/mol. The van der Waals surface area contributed by atoms with Crippen LogP contribution >= 0.6 is 11.3 Å². The molecule has 1 unspecified atom stereocenters. The first kappa shape index (κ1) is 23.0. The molecule has 3 aromatic rings. The molecule has 1 fully saturated rings. The van der Waals surface area contributed by atoms with Crippen molar-refractivity contribution in [2.45, 2.75) is 50.0 Å². The Bertz CT molecular complexity index is 1420. The predicted molar refractivity (Wildman–Crippen MR) is 115 cm³/mol. The molecule has 12 heteroatoms. The van der Waals surface area contributed by atoms with Crippen LogP contribution in [0.15, 0.2) is 15.7 Å². The average molecular weight is 502 g/mol. The lowest BCUT2D eigenvalue weighted by atomic mass is 9.84. The van der Waals surface area contributed by atoms with E-state index >= 15 is 4.39 Å². The van der Waals surface area contributed by atoms with Crippen LogP contribution in [0.5, 0.6) is 5.75 Å². The average Bonchev–Trinajstić information content (AvgIpc) is 3.51. The zero-order valence-electron chi connectivity index (χ0n) is 17.8. The largest absolute Gasteiger partial charge is 0.494 e. The van der Waals surface area contributed by atoms with Crippen LogP contribution in [-0.2, 0) is 6.42 Å². The number of aromatic amines is 1. The van der Waals surface area contributed by atoms with Crippen molar-refractivity contribution in [3.8, 4) is 16.2 Å². The third-order valence-electron chi connectivity index (χ3n) is 6.49. The van der Waals surface area contributed by atoms with Crippen LogP contribution in [0.25, 0.3) is 21.3 Å². The van der Waals surface area contributed by atoms with Gasteiger partial charge in [-0.05, 0) is 30.9 Å². The molecule has 1 atom stereocenters. The van der Waals surface area contributed by atoms with Crippen molar-refractivity contribution in [2.75, 3.05) is 13.7 Å². The lowest BCUT2D eigenvalue weighted by Crippen LogP contribution is -2.33. The van der Waals surface area contributed by atoms with Gasteiger partial charge in [0.05, 0.1) is 36.1 Å². The van der Waals surface area contributed by atoms with Gasteiger partial charge in [0.2, 0.25) is 0 Å². The summed E-state index contributed by atoms with van der Waals surface area (Å²) in [5.74, 6) is -6.41. The molecule has 0 radical (unpaired) electrons. The van der Waals surface area contributed by atoms with Crippen molar-refractivity contribution in [3.63, 3.8) is 0 Å². The second kappa shape index (κ2) is 7.91. The van der Waals surface area contributed by atoms with Gasteiger partial charge in [-0.1, -0.05) is 0 Å². The quantitative estimate of drug-likeness (QED) is 0.504. The number of aromatic nitrogens is 2. The molecule has 5 rings (SSSR count). The SMILES string of the molecule is COc1c(-c2cc3c(s2)CCC(F)(F)C3CO)c(F)c(C(F)F)c2c(=O)[nH]c(=O)n(C3CC3)c12. The van der Waals surface area contributed by atoms with Gasteiger partial charge in [0.15, 0.2) is 5.75 Å². The number of nitrogens with zero attached hydrogens (tertiary/aromatic N) is 1. The van der Waals surface area contributed by atoms with Crippen molar-refractivity contribution in [1.82, 2.24) is 9.55 Å². The maximum Gasteiger partial charge on any atom is 0.329 e. The van der Waals surface area contributed by atoms with Gasteiger partial charge in [0.25, 0.3) is 17.9 Å². The molecule has 0 amide bonds. The summed E-state index contributed by atoms with van der Waals surface area (Å²) in [4.78, 5) is 27.7. The van der Waals surface area contributed by atoms with Crippen LogP contribution in [0, 0.1) is 5.82 Å². The number of fused-ring (bicyclic) bond motifs is 2. The molecule has 2 aliphatic rings. The number of aryl methyl sites for hydroxylation is 1. The molecule has 34 heavy (non-hydrogen) atoms. The summed E-state index contributed by atoms with van der Waals surface area (Å²) in [7, 11) is 1.15. The van der Waals surface area contributed by atoms with E-state index in [-0.39, 0.29) is 34.2 Å². The van der Waals surface area contributed by atoms with Crippen molar-refractivity contribution < 1.29 is 31.8 Å². The lowest BCUT2D eigenvalue weighted by molar-refractivity contribution is -0.0554. The fraction of sp³-hybridized carbons (Fsp3) is 0.455. The number of aliphatic hydroxyl groups is 1. The summed E-state index contributed by atoms with van der Waals surface area (Å²) >= 11 is 0.937. The van der Waals surface area contributed by atoms with E-state index < -0.39 is 64.9 Å². The van der Waals surface area contributed by atoms with E-state index in [2.05, 4.69) is 0 Å².